The van der Waals surface area contributed by atoms with Gasteiger partial charge in [-0.3, -0.25) is 0 Å². The standard InChI is InChI=1S/C10H7FO4/c11-6-3-1-5(2-4-6)9-7(12)8(13)10(14)15-9/h1-4,9,12-13H. The molecule has 0 aromatic heterocycles. The highest BCUT2D eigenvalue weighted by Crippen LogP contribution is 2.32. The van der Waals surface area contributed by atoms with E-state index in [2.05, 4.69) is 4.74 Å². The Bertz CT molecular complexity index is 435. The molecule has 78 valence electrons. The first-order valence-corrected chi connectivity index (χ1v) is 4.18. The SMILES string of the molecule is O=C1OC(c2ccc(F)cc2)C(O)=C1O. The van der Waals surface area contributed by atoms with Crippen molar-refractivity contribution in [2.45, 2.75) is 6.10 Å². The Labute approximate surface area is 84.2 Å². The van der Waals surface area contributed by atoms with E-state index in [4.69, 9.17) is 5.11 Å². The first kappa shape index (κ1) is 9.51. The molecule has 0 amide bonds. The Balaban J connectivity index is 2.35. The van der Waals surface area contributed by atoms with Crippen LogP contribution in [0, 0.1) is 5.82 Å². The first-order chi connectivity index (χ1) is 7.09. The van der Waals surface area contributed by atoms with Gasteiger partial charge < -0.3 is 14.9 Å². The summed E-state index contributed by atoms with van der Waals surface area (Å²) in [6.45, 7) is 0. The maximum absolute atomic E-state index is 12.6. The number of carbonyl (C=O) groups is 1. The number of halogens is 1. The van der Waals surface area contributed by atoms with E-state index in [-0.39, 0.29) is 0 Å². The minimum Gasteiger partial charge on any atom is -0.505 e. The van der Waals surface area contributed by atoms with Crippen LogP contribution >= 0.6 is 0 Å². The van der Waals surface area contributed by atoms with Crippen LogP contribution in [-0.2, 0) is 9.53 Å². The first-order valence-electron chi connectivity index (χ1n) is 4.18. The van der Waals surface area contributed by atoms with Gasteiger partial charge in [-0.25, -0.2) is 9.18 Å². The fourth-order valence-corrected chi connectivity index (χ4v) is 1.31. The van der Waals surface area contributed by atoms with Crippen molar-refractivity contribution >= 4 is 5.97 Å². The molecular weight excluding hydrogens is 203 g/mol. The van der Waals surface area contributed by atoms with Crippen LogP contribution in [-0.4, -0.2) is 16.2 Å². The predicted octanol–water partition coefficient (Wildman–Crippen LogP) is 1.75. The smallest absolute Gasteiger partial charge is 0.378 e. The number of esters is 1. The Kier molecular flexibility index (Phi) is 2.07. The average molecular weight is 210 g/mol. The van der Waals surface area contributed by atoms with Crippen LogP contribution in [0.1, 0.15) is 11.7 Å². The number of benzene rings is 1. The van der Waals surface area contributed by atoms with E-state index in [1.54, 1.807) is 0 Å². The predicted molar refractivity (Wildman–Crippen MR) is 47.5 cm³/mol. The largest absolute Gasteiger partial charge is 0.505 e. The van der Waals surface area contributed by atoms with Gasteiger partial charge in [0.2, 0.25) is 5.76 Å². The summed E-state index contributed by atoms with van der Waals surface area (Å²) in [5.41, 5.74) is 0.395. The fraction of sp³-hybridized carbons (Fsp3) is 0.100. The second-order valence-corrected chi connectivity index (χ2v) is 3.07. The quantitative estimate of drug-likeness (QED) is 0.693. The second kappa shape index (κ2) is 3.27. The minimum absolute atomic E-state index is 0.395. The van der Waals surface area contributed by atoms with Gasteiger partial charge in [-0.15, -0.1) is 0 Å². The van der Waals surface area contributed by atoms with Crippen molar-refractivity contribution in [3.63, 3.8) is 0 Å². The number of hydrogen-bond donors (Lipinski definition) is 2. The topological polar surface area (TPSA) is 66.8 Å². The van der Waals surface area contributed by atoms with Crippen molar-refractivity contribution in [2.75, 3.05) is 0 Å². The molecule has 1 aliphatic heterocycles. The molecule has 1 aromatic rings. The van der Waals surface area contributed by atoms with E-state index in [1.807, 2.05) is 0 Å². The van der Waals surface area contributed by atoms with Crippen LogP contribution in [0.15, 0.2) is 35.8 Å². The molecule has 1 heterocycles. The summed E-state index contributed by atoms with van der Waals surface area (Å²) in [7, 11) is 0. The summed E-state index contributed by atoms with van der Waals surface area (Å²) in [6.07, 6.45) is -1.04. The molecule has 2 rings (SSSR count). The number of aliphatic hydroxyl groups is 2. The van der Waals surface area contributed by atoms with Crippen LogP contribution in [0.5, 0.6) is 0 Å². The highest BCUT2D eigenvalue weighted by atomic mass is 19.1. The van der Waals surface area contributed by atoms with Crippen LogP contribution in [0.2, 0.25) is 0 Å². The molecule has 15 heavy (non-hydrogen) atoms. The number of carbonyl (C=O) groups excluding carboxylic acids is 1. The van der Waals surface area contributed by atoms with E-state index in [9.17, 15) is 14.3 Å². The zero-order valence-electron chi connectivity index (χ0n) is 7.48. The van der Waals surface area contributed by atoms with Crippen molar-refractivity contribution in [3.05, 3.63) is 47.2 Å². The molecule has 0 saturated carbocycles. The number of cyclic esters (lactones) is 1. The molecule has 0 radical (unpaired) electrons. The van der Waals surface area contributed by atoms with E-state index >= 15 is 0 Å². The zero-order chi connectivity index (χ0) is 11.0. The molecule has 4 nitrogen and oxygen atoms in total. The van der Waals surface area contributed by atoms with Gasteiger partial charge in [-0.05, 0) is 12.1 Å². The molecule has 1 aromatic carbocycles. The van der Waals surface area contributed by atoms with Gasteiger partial charge >= 0.3 is 5.97 Å². The third-order valence-electron chi connectivity index (χ3n) is 2.08. The highest BCUT2D eigenvalue weighted by Gasteiger charge is 2.35. The van der Waals surface area contributed by atoms with Crippen molar-refractivity contribution in [2.24, 2.45) is 0 Å². The molecule has 0 saturated heterocycles. The molecule has 5 heteroatoms. The Morgan fingerprint density at radius 2 is 1.80 bits per heavy atom. The van der Waals surface area contributed by atoms with E-state index in [0.717, 1.165) is 0 Å². The van der Waals surface area contributed by atoms with Crippen molar-refractivity contribution in [1.82, 2.24) is 0 Å². The summed E-state index contributed by atoms with van der Waals surface area (Å²) in [5.74, 6) is -2.77. The maximum Gasteiger partial charge on any atom is 0.378 e. The lowest BCUT2D eigenvalue weighted by atomic mass is 10.1. The monoisotopic (exact) mass is 210 g/mol. The molecule has 1 atom stereocenters. The van der Waals surface area contributed by atoms with E-state index in [1.165, 1.54) is 24.3 Å². The van der Waals surface area contributed by atoms with Crippen LogP contribution in [0.3, 0.4) is 0 Å². The lowest BCUT2D eigenvalue weighted by Gasteiger charge is -2.09. The molecule has 0 bridgehead atoms. The summed E-state index contributed by atoms with van der Waals surface area (Å²) < 4.78 is 17.3. The molecule has 0 aliphatic carbocycles. The molecule has 0 fully saturated rings. The highest BCUT2D eigenvalue weighted by molar-refractivity contribution is 5.89. The summed E-state index contributed by atoms with van der Waals surface area (Å²) in [6, 6.07) is 5.07. The third kappa shape index (κ3) is 1.52. The lowest BCUT2D eigenvalue weighted by molar-refractivity contribution is -0.142. The maximum atomic E-state index is 12.6. The number of hydrogen-bond acceptors (Lipinski definition) is 4. The van der Waals surface area contributed by atoms with Crippen LogP contribution in [0.25, 0.3) is 0 Å². The number of ether oxygens (including phenoxy) is 1. The van der Waals surface area contributed by atoms with Crippen molar-refractivity contribution in [1.29, 1.82) is 0 Å². The molecule has 1 unspecified atom stereocenters. The lowest BCUT2D eigenvalue weighted by Crippen LogP contribution is -2.03. The minimum atomic E-state index is -1.04. The average Bonchev–Trinajstić information content (AvgIpc) is 2.47. The van der Waals surface area contributed by atoms with Gasteiger partial charge in [0.1, 0.15) is 5.82 Å². The van der Waals surface area contributed by atoms with Gasteiger partial charge in [0.15, 0.2) is 11.9 Å². The van der Waals surface area contributed by atoms with Crippen LogP contribution < -0.4 is 0 Å². The van der Waals surface area contributed by atoms with Crippen molar-refractivity contribution < 1.29 is 24.1 Å². The van der Waals surface area contributed by atoms with Gasteiger partial charge in [-0.1, -0.05) is 12.1 Å². The summed E-state index contributed by atoms with van der Waals surface area (Å²) in [4.78, 5) is 10.9. The zero-order valence-corrected chi connectivity index (χ0v) is 7.48. The number of aliphatic hydroxyl groups excluding tert-OH is 2. The Morgan fingerprint density at radius 3 is 2.27 bits per heavy atom. The Hall–Kier alpha value is -2.04. The molecule has 0 spiro atoms. The third-order valence-corrected chi connectivity index (χ3v) is 2.08. The van der Waals surface area contributed by atoms with Crippen molar-refractivity contribution in [3.8, 4) is 0 Å². The summed E-state index contributed by atoms with van der Waals surface area (Å²) in [5, 5.41) is 18.4. The summed E-state index contributed by atoms with van der Waals surface area (Å²) >= 11 is 0. The van der Waals surface area contributed by atoms with Gasteiger partial charge in [0, 0.05) is 5.56 Å². The molecule has 2 N–H and O–H groups in total. The Morgan fingerprint density at radius 1 is 1.20 bits per heavy atom. The van der Waals surface area contributed by atoms with E-state index in [0.29, 0.717) is 5.56 Å². The fourth-order valence-electron chi connectivity index (χ4n) is 1.31. The van der Waals surface area contributed by atoms with Crippen LogP contribution in [0.4, 0.5) is 4.39 Å². The van der Waals surface area contributed by atoms with Gasteiger partial charge in [-0.2, -0.15) is 0 Å². The van der Waals surface area contributed by atoms with Gasteiger partial charge in [0.25, 0.3) is 0 Å². The normalized spacial score (nSPS) is 20.6. The molecular formula is C10H7FO4. The van der Waals surface area contributed by atoms with Gasteiger partial charge in [0.05, 0.1) is 0 Å². The van der Waals surface area contributed by atoms with E-state index < -0.39 is 29.4 Å². The number of rotatable bonds is 1. The molecule has 1 aliphatic rings. The second-order valence-electron chi connectivity index (χ2n) is 3.07.